The molecule has 4 nitrogen and oxygen atoms in total. The van der Waals surface area contributed by atoms with Crippen LogP contribution in [-0.4, -0.2) is 54.4 Å². The van der Waals surface area contributed by atoms with E-state index in [9.17, 15) is 5.11 Å². The molecule has 2 N–H and O–H groups in total. The van der Waals surface area contributed by atoms with Crippen molar-refractivity contribution in [1.82, 2.24) is 10.2 Å². The molecule has 1 heterocycles. The Kier molecular flexibility index (Phi) is 5.27. The van der Waals surface area contributed by atoms with Crippen molar-refractivity contribution in [2.75, 3.05) is 32.8 Å². The predicted molar refractivity (Wildman–Crippen MR) is 81.5 cm³/mol. The molecule has 0 amide bonds. The van der Waals surface area contributed by atoms with Crippen molar-refractivity contribution in [3.05, 3.63) is 29.3 Å². The van der Waals surface area contributed by atoms with Crippen molar-refractivity contribution < 1.29 is 9.84 Å². The van der Waals surface area contributed by atoms with Gasteiger partial charge in [0.2, 0.25) is 0 Å². The third-order valence-electron chi connectivity index (χ3n) is 3.60. The molecule has 1 aromatic carbocycles. The van der Waals surface area contributed by atoms with Gasteiger partial charge < -0.3 is 15.2 Å². The van der Waals surface area contributed by atoms with Crippen LogP contribution in [-0.2, 0) is 0 Å². The van der Waals surface area contributed by atoms with Crippen molar-refractivity contribution in [3.8, 4) is 5.75 Å². The predicted octanol–water partition coefficient (Wildman–Crippen LogP) is 1.76. The molecule has 0 aromatic heterocycles. The van der Waals surface area contributed by atoms with Gasteiger partial charge in [0.25, 0.3) is 0 Å². The number of aliphatic hydroxyl groups is 1. The van der Waals surface area contributed by atoms with E-state index in [0.717, 1.165) is 25.4 Å². The van der Waals surface area contributed by atoms with E-state index in [0.29, 0.717) is 11.6 Å². The standard InChI is InChI=1S/C15H23ClN2O2/c1-15(2)11-18(13(10-19)9-17-15)7-8-20-14-5-3-12(16)4-6-14/h3-6,13,17,19H,7-11H2,1-2H3. The lowest BCUT2D eigenvalue weighted by Crippen LogP contribution is -2.63. The van der Waals surface area contributed by atoms with Gasteiger partial charge in [0.15, 0.2) is 0 Å². The Hall–Kier alpha value is -0.810. The summed E-state index contributed by atoms with van der Waals surface area (Å²) in [6.45, 7) is 7.64. The van der Waals surface area contributed by atoms with Gasteiger partial charge in [-0.15, -0.1) is 0 Å². The van der Waals surface area contributed by atoms with Crippen LogP contribution in [0.25, 0.3) is 0 Å². The topological polar surface area (TPSA) is 44.7 Å². The van der Waals surface area contributed by atoms with Crippen LogP contribution in [0.1, 0.15) is 13.8 Å². The first-order valence-electron chi connectivity index (χ1n) is 6.98. The number of benzene rings is 1. The Bertz CT molecular complexity index is 422. The molecule has 1 aliphatic rings. The van der Waals surface area contributed by atoms with Gasteiger partial charge in [-0.25, -0.2) is 0 Å². The minimum Gasteiger partial charge on any atom is -0.492 e. The number of nitrogens with zero attached hydrogens (tertiary/aromatic N) is 1. The minimum absolute atomic E-state index is 0.0753. The first-order valence-corrected chi connectivity index (χ1v) is 7.36. The molecule has 0 bridgehead atoms. The molecule has 1 saturated heterocycles. The van der Waals surface area contributed by atoms with Gasteiger partial charge in [0.05, 0.1) is 6.61 Å². The number of piperazine rings is 1. The first-order chi connectivity index (χ1) is 9.50. The van der Waals surface area contributed by atoms with Gasteiger partial charge in [-0.05, 0) is 38.1 Å². The van der Waals surface area contributed by atoms with Gasteiger partial charge in [-0.2, -0.15) is 0 Å². The van der Waals surface area contributed by atoms with Crippen molar-refractivity contribution >= 4 is 11.6 Å². The molecule has 2 rings (SSSR count). The third-order valence-corrected chi connectivity index (χ3v) is 3.85. The molecule has 1 aromatic rings. The van der Waals surface area contributed by atoms with E-state index in [2.05, 4.69) is 24.1 Å². The van der Waals surface area contributed by atoms with Crippen LogP contribution in [0, 0.1) is 0 Å². The van der Waals surface area contributed by atoms with Crippen LogP contribution in [0.15, 0.2) is 24.3 Å². The maximum absolute atomic E-state index is 9.44. The van der Waals surface area contributed by atoms with E-state index in [-0.39, 0.29) is 18.2 Å². The van der Waals surface area contributed by atoms with Gasteiger partial charge in [-0.3, -0.25) is 4.90 Å². The Morgan fingerprint density at radius 1 is 1.40 bits per heavy atom. The third kappa shape index (κ3) is 4.35. The maximum atomic E-state index is 9.44. The smallest absolute Gasteiger partial charge is 0.119 e. The molecular weight excluding hydrogens is 276 g/mol. The van der Waals surface area contributed by atoms with Crippen molar-refractivity contribution in [2.24, 2.45) is 0 Å². The zero-order valence-corrected chi connectivity index (χ0v) is 12.9. The number of halogens is 1. The summed E-state index contributed by atoms with van der Waals surface area (Å²) < 4.78 is 5.72. The summed E-state index contributed by atoms with van der Waals surface area (Å²) in [4.78, 5) is 2.28. The van der Waals surface area contributed by atoms with Crippen LogP contribution < -0.4 is 10.1 Å². The van der Waals surface area contributed by atoms with Crippen LogP contribution in [0.3, 0.4) is 0 Å². The summed E-state index contributed by atoms with van der Waals surface area (Å²) in [6, 6.07) is 7.54. The molecule has 1 atom stereocenters. The fourth-order valence-electron chi connectivity index (χ4n) is 2.47. The van der Waals surface area contributed by atoms with Gasteiger partial charge >= 0.3 is 0 Å². The number of nitrogens with one attached hydrogen (secondary N) is 1. The minimum atomic E-state index is 0.0753. The molecule has 0 radical (unpaired) electrons. The van der Waals surface area contributed by atoms with E-state index >= 15 is 0 Å². The first kappa shape index (κ1) is 15.6. The van der Waals surface area contributed by atoms with Crippen molar-refractivity contribution in [3.63, 3.8) is 0 Å². The fraction of sp³-hybridized carbons (Fsp3) is 0.600. The average molecular weight is 299 g/mol. The largest absolute Gasteiger partial charge is 0.492 e. The van der Waals surface area contributed by atoms with Gasteiger partial charge in [0, 0.05) is 36.2 Å². The Morgan fingerprint density at radius 2 is 2.10 bits per heavy atom. The molecule has 0 saturated carbocycles. The summed E-state index contributed by atoms with van der Waals surface area (Å²) in [7, 11) is 0. The Balaban J connectivity index is 1.83. The lowest BCUT2D eigenvalue weighted by molar-refractivity contribution is 0.0473. The van der Waals surface area contributed by atoms with E-state index < -0.39 is 0 Å². The highest BCUT2D eigenvalue weighted by Gasteiger charge is 2.31. The highest BCUT2D eigenvalue weighted by atomic mass is 35.5. The maximum Gasteiger partial charge on any atom is 0.119 e. The highest BCUT2D eigenvalue weighted by Crippen LogP contribution is 2.17. The Morgan fingerprint density at radius 3 is 2.75 bits per heavy atom. The molecule has 0 aliphatic carbocycles. The quantitative estimate of drug-likeness (QED) is 0.869. The molecule has 112 valence electrons. The number of ether oxygens (including phenoxy) is 1. The number of aliphatic hydroxyl groups excluding tert-OH is 1. The lowest BCUT2D eigenvalue weighted by Gasteiger charge is -2.43. The van der Waals surface area contributed by atoms with E-state index in [1.807, 2.05) is 24.3 Å². The summed E-state index contributed by atoms with van der Waals surface area (Å²) in [5.41, 5.74) is 0.0753. The second-order valence-corrected chi connectivity index (χ2v) is 6.31. The zero-order valence-electron chi connectivity index (χ0n) is 12.1. The molecule has 1 unspecified atom stereocenters. The fourth-order valence-corrected chi connectivity index (χ4v) is 2.60. The van der Waals surface area contributed by atoms with Crippen LogP contribution in [0.4, 0.5) is 0 Å². The van der Waals surface area contributed by atoms with Crippen LogP contribution >= 0.6 is 11.6 Å². The summed E-state index contributed by atoms with van der Waals surface area (Å²) in [6.07, 6.45) is 0. The zero-order chi connectivity index (χ0) is 14.6. The number of rotatable bonds is 5. The van der Waals surface area contributed by atoms with E-state index in [1.165, 1.54) is 0 Å². The van der Waals surface area contributed by atoms with Gasteiger partial charge in [0.1, 0.15) is 12.4 Å². The molecule has 1 fully saturated rings. The Labute approximate surface area is 125 Å². The SMILES string of the molecule is CC1(C)CN(CCOc2ccc(Cl)cc2)C(CO)CN1. The normalized spacial score (nSPS) is 22.7. The molecule has 1 aliphatic heterocycles. The summed E-state index contributed by atoms with van der Waals surface area (Å²) in [5.74, 6) is 0.823. The average Bonchev–Trinajstić information content (AvgIpc) is 2.40. The van der Waals surface area contributed by atoms with Crippen molar-refractivity contribution in [1.29, 1.82) is 0 Å². The summed E-state index contributed by atoms with van der Waals surface area (Å²) >= 11 is 5.84. The lowest BCUT2D eigenvalue weighted by atomic mass is 9.99. The molecule has 0 spiro atoms. The van der Waals surface area contributed by atoms with Crippen molar-refractivity contribution in [2.45, 2.75) is 25.4 Å². The molecule has 5 heteroatoms. The van der Waals surface area contributed by atoms with E-state index in [1.54, 1.807) is 0 Å². The van der Waals surface area contributed by atoms with Crippen LogP contribution in [0.2, 0.25) is 5.02 Å². The molecule has 20 heavy (non-hydrogen) atoms. The van der Waals surface area contributed by atoms with Crippen LogP contribution in [0.5, 0.6) is 5.75 Å². The second-order valence-electron chi connectivity index (χ2n) is 5.87. The number of hydrogen-bond donors (Lipinski definition) is 2. The van der Waals surface area contributed by atoms with Gasteiger partial charge in [-0.1, -0.05) is 11.6 Å². The molecular formula is C15H23ClN2O2. The second kappa shape index (κ2) is 6.76. The monoisotopic (exact) mass is 298 g/mol. The summed E-state index contributed by atoms with van der Waals surface area (Å²) in [5, 5.41) is 13.6. The van der Waals surface area contributed by atoms with E-state index in [4.69, 9.17) is 16.3 Å². The number of hydrogen-bond acceptors (Lipinski definition) is 4. The highest BCUT2D eigenvalue weighted by molar-refractivity contribution is 6.30.